The van der Waals surface area contributed by atoms with Crippen LogP contribution in [0.25, 0.3) is 0 Å². The second-order valence-corrected chi connectivity index (χ2v) is 7.56. The molecule has 0 heterocycles. The zero-order valence-electron chi connectivity index (χ0n) is 18.0. The molecule has 2 amide bonds. The second kappa shape index (κ2) is 13.7. The predicted octanol–water partition coefficient (Wildman–Crippen LogP) is 3.64. The summed E-state index contributed by atoms with van der Waals surface area (Å²) < 4.78 is 0. The molecule has 0 spiro atoms. The fraction of sp³-hybridized carbons (Fsp3) is 0.609. The van der Waals surface area contributed by atoms with Crippen LogP contribution in [0.2, 0.25) is 0 Å². The lowest BCUT2D eigenvalue weighted by Gasteiger charge is -2.23. The van der Waals surface area contributed by atoms with Gasteiger partial charge in [-0.1, -0.05) is 63.4 Å². The zero-order chi connectivity index (χ0) is 21.6. The molecule has 1 aromatic carbocycles. The van der Waals surface area contributed by atoms with E-state index in [-0.39, 0.29) is 24.2 Å². The molecular formula is C23H36N2O4. The fourth-order valence-electron chi connectivity index (χ4n) is 3.16. The lowest BCUT2D eigenvalue weighted by atomic mass is 10.0. The van der Waals surface area contributed by atoms with E-state index in [0.29, 0.717) is 25.9 Å². The van der Waals surface area contributed by atoms with E-state index in [1.54, 1.807) is 11.8 Å². The molecule has 162 valence electrons. The van der Waals surface area contributed by atoms with Gasteiger partial charge in [0.05, 0.1) is 0 Å². The predicted molar refractivity (Wildman–Crippen MR) is 115 cm³/mol. The normalized spacial score (nSPS) is 12.8. The Labute approximate surface area is 174 Å². The fourth-order valence-corrected chi connectivity index (χ4v) is 3.16. The molecule has 0 unspecified atom stereocenters. The van der Waals surface area contributed by atoms with Gasteiger partial charge >= 0.3 is 5.97 Å². The number of carbonyl (C=O) groups excluding carboxylic acids is 2. The molecule has 0 fully saturated rings. The van der Waals surface area contributed by atoms with E-state index in [9.17, 15) is 19.5 Å². The summed E-state index contributed by atoms with van der Waals surface area (Å²) in [6.07, 6.45) is 5.55. The molecule has 0 saturated carbocycles. The first-order chi connectivity index (χ1) is 13.9. The van der Waals surface area contributed by atoms with Crippen molar-refractivity contribution < 1.29 is 19.5 Å². The summed E-state index contributed by atoms with van der Waals surface area (Å²) in [6, 6.07) is 8.28. The molecular weight excluding hydrogens is 368 g/mol. The number of benzene rings is 1. The molecule has 2 N–H and O–H groups in total. The number of hydrogen-bond donors (Lipinski definition) is 2. The molecule has 0 aliphatic heterocycles. The Bertz CT molecular complexity index is 633. The maximum absolute atomic E-state index is 12.5. The highest BCUT2D eigenvalue weighted by Gasteiger charge is 2.24. The maximum atomic E-state index is 12.5. The molecule has 1 rings (SSSR count). The first kappa shape index (κ1) is 24.7. The van der Waals surface area contributed by atoms with Crippen LogP contribution in [0.3, 0.4) is 0 Å². The molecule has 0 bridgehead atoms. The second-order valence-electron chi connectivity index (χ2n) is 7.56. The number of hydrogen-bond acceptors (Lipinski definition) is 3. The molecule has 29 heavy (non-hydrogen) atoms. The number of nitrogens with zero attached hydrogens (tertiary/aromatic N) is 1. The van der Waals surface area contributed by atoms with Crippen LogP contribution in [0.4, 0.5) is 0 Å². The van der Waals surface area contributed by atoms with Gasteiger partial charge in [0.2, 0.25) is 11.8 Å². The van der Waals surface area contributed by atoms with Gasteiger partial charge in [-0.15, -0.1) is 0 Å². The molecule has 0 aromatic heterocycles. The third-order valence-electron chi connectivity index (χ3n) is 5.16. The van der Waals surface area contributed by atoms with Crippen LogP contribution in [0.5, 0.6) is 0 Å². The number of carbonyl (C=O) groups is 3. The van der Waals surface area contributed by atoms with Crippen LogP contribution in [0.15, 0.2) is 30.3 Å². The summed E-state index contributed by atoms with van der Waals surface area (Å²) in [6.45, 7) is 6.98. The van der Waals surface area contributed by atoms with Crippen LogP contribution in [-0.2, 0) is 20.8 Å². The summed E-state index contributed by atoms with van der Waals surface area (Å²) in [4.78, 5) is 38.2. The molecule has 2 atom stereocenters. The summed E-state index contributed by atoms with van der Waals surface area (Å²) in [7, 11) is 0. The summed E-state index contributed by atoms with van der Waals surface area (Å²) in [5.74, 6) is -1.58. The Kier molecular flexibility index (Phi) is 11.7. The Morgan fingerprint density at radius 1 is 1.07 bits per heavy atom. The van der Waals surface area contributed by atoms with Gasteiger partial charge in [0.15, 0.2) is 0 Å². The first-order valence-corrected chi connectivity index (χ1v) is 10.7. The topological polar surface area (TPSA) is 86.7 Å². The Hall–Kier alpha value is -2.37. The van der Waals surface area contributed by atoms with E-state index in [2.05, 4.69) is 12.2 Å². The Morgan fingerprint density at radius 3 is 2.34 bits per heavy atom. The number of nitrogens with one attached hydrogen (secondary N) is 1. The van der Waals surface area contributed by atoms with Crippen molar-refractivity contribution in [3.63, 3.8) is 0 Å². The van der Waals surface area contributed by atoms with Crippen molar-refractivity contribution in [1.29, 1.82) is 0 Å². The summed E-state index contributed by atoms with van der Waals surface area (Å²) in [5.41, 5.74) is 0.860. The van der Waals surface area contributed by atoms with E-state index in [0.717, 1.165) is 31.2 Å². The highest BCUT2D eigenvalue weighted by Crippen LogP contribution is 2.10. The molecule has 0 radical (unpaired) electrons. The maximum Gasteiger partial charge on any atom is 0.326 e. The summed E-state index contributed by atoms with van der Waals surface area (Å²) in [5, 5.41) is 12.1. The number of aliphatic carboxylic acids is 1. The van der Waals surface area contributed by atoms with Gasteiger partial charge in [-0.25, -0.2) is 4.79 Å². The minimum absolute atomic E-state index is 0.128. The van der Waals surface area contributed by atoms with Crippen molar-refractivity contribution in [2.75, 3.05) is 13.1 Å². The third kappa shape index (κ3) is 9.59. The van der Waals surface area contributed by atoms with Crippen LogP contribution in [0.1, 0.15) is 64.9 Å². The van der Waals surface area contributed by atoms with Crippen molar-refractivity contribution in [3.05, 3.63) is 35.9 Å². The van der Waals surface area contributed by atoms with Gasteiger partial charge in [-0.3, -0.25) is 9.59 Å². The van der Waals surface area contributed by atoms with Gasteiger partial charge in [0, 0.05) is 31.8 Å². The lowest BCUT2D eigenvalue weighted by molar-refractivity contribution is -0.142. The minimum Gasteiger partial charge on any atom is -0.480 e. The number of unbranched alkanes of at least 4 members (excludes halogenated alkanes) is 3. The van der Waals surface area contributed by atoms with Crippen LogP contribution >= 0.6 is 0 Å². The largest absolute Gasteiger partial charge is 0.480 e. The molecule has 0 saturated heterocycles. The van der Waals surface area contributed by atoms with Gasteiger partial charge < -0.3 is 15.3 Å². The highest BCUT2D eigenvalue weighted by molar-refractivity contribution is 5.85. The highest BCUT2D eigenvalue weighted by atomic mass is 16.4. The van der Waals surface area contributed by atoms with Gasteiger partial charge in [-0.2, -0.15) is 0 Å². The molecule has 0 aliphatic carbocycles. The molecule has 6 nitrogen and oxygen atoms in total. The van der Waals surface area contributed by atoms with E-state index in [4.69, 9.17) is 0 Å². The zero-order valence-corrected chi connectivity index (χ0v) is 18.0. The monoisotopic (exact) mass is 404 g/mol. The number of amides is 2. The summed E-state index contributed by atoms with van der Waals surface area (Å²) >= 11 is 0. The van der Waals surface area contributed by atoms with Crippen LogP contribution < -0.4 is 5.32 Å². The standard InChI is InChI=1S/C23H36N2O4/c1-4-6-7-11-14-21(26)25(5-2)16-15-18(3)22(27)24-20(23(28)29)17-19-12-9-8-10-13-19/h8-10,12-13,18,20H,4-7,11,14-17H2,1-3H3,(H,24,27)(H,28,29)/t18-,20+/m1/s1. The molecule has 1 aromatic rings. The number of carboxylic acid groups (broad SMARTS) is 1. The van der Waals surface area contributed by atoms with Crippen molar-refractivity contribution in [2.24, 2.45) is 5.92 Å². The SMILES string of the molecule is CCCCCCC(=O)N(CC)CC[C@@H](C)C(=O)N[C@@H](Cc1ccccc1)C(=O)O. The number of carboxylic acids is 1. The van der Waals surface area contributed by atoms with Gasteiger partial charge in [0.25, 0.3) is 0 Å². The average molecular weight is 405 g/mol. The van der Waals surface area contributed by atoms with Gasteiger partial charge in [-0.05, 0) is 25.3 Å². The third-order valence-corrected chi connectivity index (χ3v) is 5.16. The van der Waals surface area contributed by atoms with Gasteiger partial charge in [0.1, 0.15) is 6.04 Å². The Morgan fingerprint density at radius 2 is 1.76 bits per heavy atom. The Balaban J connectivity index is 2.49. The van der Waals surface area contributed by atoms with E-state index >= 15 is 0 Å². The van der Waals surface area contributed by atoms with Crippen molar-refractivity contribution >= 4 is 17.8 Å². The van der Waals surface area contributed by atoms with E-state index in [1.165, 1.54) is 0 Å². The first-order valence-electron chi connectivity index (χ1n) is 10.7. The average Bonchev–Trinajstić information content (AvgIpc) is 2.71. The minimum atomic E-state index is -1.05. The van der Waals surface area contributed by atoms with Crippen LogP contribution in [-0.4, -0.2) is 46.9 Å². The quantitative estimate of drug-likeness (QED) is 0.464. The van der Waals surface area contributed by atoms with E-state index < -0.39 is 12.0 Å². The smallest absolute Gasteiger partial charge is 0.326 e. The molecule has 0 aliphatic rings. The van der Waals surface area contributed by atoms with Crippen molar-refractivity contribution in [3.8, 4) is 0 Å². The van der Waals surface area contributed by atoms with Crippen molar-refractivity contribution in [1.82, 2.24) is 10.2 Å². The number of rotatable bonds is 14. The molecule has 6 heteroatoms. The lowest BCUT2D eigenvalue weighted by Crippen LogP contribution is -2.45. The van der Waals surface area contributed by atoms with E-state index in [1.807, 2.05) is 37.3 Å². The van der Waals surface area contributed by atoms with Crippen molar-refractivity contribution in [2.45, 2.75) is 71.8 Å². The van der Waals surface area contributed by atoms with Crippen LogP contribution in [0, 0.1) is 5.92 Å².